The summed E-state index contributed by atoms with van der Waals surface area (Å²) in [5.41, 5.74) is 0. The topological polar surface area (TPSA) is 149 Å². The van der Waals surface area contributed by atoms with Crippen molar-refractivity contribution in [1.29, 1.82) is 0 Å². The number of phosphoric ester groups is 1. The molecule has 0 radical (unpaired) electrons. The monoisotopic (exact) mass is 953 g/mol. The normalized spacial score (nSPS) is 14.0. The minimum absolute atomic E-state index is 0.182. The van der Waals surface area contributed by atoms with Crippen LogP contribution in [0.2, 0.25) is 0 Å². The number of phosphoric acid groups is 1. The fraction of sp³-hybridized carbons (Fsp3) is 0.818. The van der Waals surface area contributed by atoms with Gasteiger partial charge >= 0.3 is 19.8 Å². The van der Waals surface area contributed by atoms with Crippen LogP contribution in [-0.2, 0) is 32.7 Å². The van der Waals surface area contributed by atoms with Gasteiger partial charge in [0.05, 0.1) is 26.4 Å². The van der Waals surface area contributed by atoms with Gasteiger partial charge in [0.1, 0.15) is 12.2 Å². The Morgan fingerprint density at radius 2 is 0.712 bits per heavy atom. The third-order valence-corrected chi connectivity index (χ3v) is 12.8. The van der Waals surface area contributed by atoms with Crippen molar-refractivity contribution in [3.8, 4) is 0 Å². The summed E-state index contributed by atoms with van der Waals surface area (Å²) in [5.74, 6) is -1.02. The first kappa shape index (κ1) is 63.9. The van der Waals surface area contributed by atoms with E-state index in [1.54, 1.807) is 0 Å². The molecule has 66 heavy (non-hydrogen) atoms. The first-order chi connectivity index (χ1) is 32.3. The molecule has 0 aromatic carbocycles. The predicted octanol–water partition coefficient (Wildman–Crippen LogP) is 15.6. The molecule has 0 aliphatic rings. The molecule has 0 aromatic rings. The Balaban J connectivity index is 3.81. The van der Waals surface area contributed by atoms with Crippen LogP contribution in [-0.4, -0.2) is 65.7 Å². The Bertz CT molecular complexity index is 1230. The fourth-order valence-electron chi connectivity index (χ4n) is 7.70. The second-order valence-electron chi connectivity index (χ2n) is 18.2. The van der Waals surface area contributed by atoms with Crippen molar-refractivity contribution in [3.63, 3.8) is 0 Å². The molecule has 0 heterocycles. The Hall–Kier alpha value is -2.07. The van der Waals surface area contributed by atoms with Crippen LogP contribution in [0.5, 0.6) is 0 Å². The van der Waals surface area contributed by atoms with Gasteiger partial charge in [-0.25, -0.2) is 4.57 Å². The van der Waals surface area contributed by atoms with E-state index in [-0.39, 0.29) is 12.8 Å². The zero-order valence-electron chi connectivity index (χ0n) is 42.4. The first-order valence-corrected chi connectivity index (χ1v) is 28.6. The maximum absolute atomic E-state index is 12.4. The first-order valence-electron chi connectivity index (χ1n) is 27.1. The largest absolute Gasteiger partial charge is 0.472 e. The smallest absolute Gasteiger partial charge is 0.457 e. The summed E-state index contributed by atoms with van der Waals surface area (Å²) in [6.45, 7) is 2.14. The summed E-state index contributed by atoms with van der Waals surface area (Å²) in [6.07, 6.45) is 58.0. The number of ether oxygens (including phenoxy) is 2. The van der Waals surface area contributed by atoms with Crippen molar-refractivity contribution in [1.82, 2.24) is 0 Å². The SMILES string of the molecule is CC/C=C\C/C=C\C/C=C\C/C=C\CCCCCCCCCCC(=O)OC(CO)COP(=O)(O)OCC(CO)OC(=O)CCCCCCCCCCCCCCCCCCCCCCCC. The molecule has 0 fully saturated rings. The van der Waals surface area contributed by atoms with Crippen LogP contribution in [0.25, 0.3) is 0 Å². The van der Waals surface area contributed by atoms with Crippen LogP contribution in [0.15, 0.2) is 48.6 Å². The van der Waals surface area contributed by atoms with E-state index in [0.29, 0.717) is 12.8 Å². The molecule has 0 amide bonds. The van der Waals surface area contributed by atoms with E-state index < -0.39 is 58.4 Å². The highest BCUT2D eigenvalue weighted by molar-refractivity contribution is 7.47. The zero-order valence-corrected chi connectivity index (χ0v) is 43.3. The van der Waals surface area contributed by atoms with Gasteiger partial charge in [-0.2, -0.15) is 0 Å². The molecule has 0 rings (SSSR count). The number of esters is 2. The van der Waals surface area contributed by atoms with Crippen molar-refractivity contribution in [2.24, 2.45) is 0 Å². The number of unbranched alkanes of at least 4 members (excludes halogenated alkanes) is 29. The molecule has 386 valence electrons. The standard InChI is InChI=1S/C55H101O10P/c1-3-5-7-9-11-13-15-17-19-21-23-25-27-29-31-33-35-37-39-41-43-45-47-55(59)65-53(49-57)51-63-66(60,61)62-50-52(48-56)64-54(58)46-44-42-40-38-36-34-32-30-28-26-24-22-20-18-16-14-12-10-8-6-4-2/h6,8,12,14,18,20,24,26,52-53,56-57H,3-5,7,9-11,13,15-17,19,21-23,25,27-51H2,1-2H3,(H,60,61)/b8-6-,14-12-,20-18-,26-24-. The molecule has 11 heteroatoms. The maximum atomic E-state index is 12.4. The number of allylic oxidation sites excluding steroid dienone is 8. The third kappa shape index (κ3) is 48.4. The van der Waals surface area contributed by atoms with Crippen molar-refractivity contribution < 1.29 is 47.8 Å². The van der Waals surface area contributed by atoms with E-state index in [0.717, 1.165) is 70.6 Å². The summed E-state index contributed by atoms with van der Waals surface area (Å²) in [5, 5.41) is 19.3. The Morgan fingerprint density at radius 3 is 1.03 bits per heavy atom. The summed E-state index contributed by atoms with van der Waals surface area (Å²) in [6, 6.07) is 0. The molecule has 0 aromatic heterocycles. The Kier molecular flexibility index (Phi) is 49.2. The van der Waals surface area contributed by atoms with E-state index in [1.165, 1.54) is 141 Å². The molecule has 0 saturated heterocycles. The molecule has 0 spiro atoms. The number of hydrogen-bond acceptors (Lipinski definition) is 9. The molecular formula is C55H101O10P. The van der Waals surface area contributed by atoms with Crippen LogP contribution in [0.1, 0.15) is 251 Å². The molecule has 10 nitrogen and oxygen atoms in total. The molecule has 0 saturated carbocycles. The average Bonchev–Trinajstić information content (AvgIpc) is 3.31. The summed E-state index contributed by atoms with van der Waals surface area (Å²) >= 11 is 0. The van der Waals surface area contributed by atoms with E-state index in [4.69, 9.17) is 18.5 Å². The van der Waals surface area contributed by atoms with E-state index in [9.17, 15) is 29.3 Å². The lowest BCUT2D eigenvalue weighted by Gasteiger charge is -2.20. The summed E-state index contributed by atoms with van der Waals surface area (Å²) < 4.78 is 32.8. The van der Waals surface area contributed by atoms with Gasteiger partial charge in [0, 0.05) is 12.8 Å². The second-order valence-corrected chi connectivity index (χ2v) is 19.6. The maximum Gasteiger partial charge on any atom is 0.472 e. The van der Waals surface area contributed by atoms with Crippen LogP contribution in [0.3, 0.4) is 0 Å². The number of carbonyl (C=O) groups is 2. The molecule has 3 atom stereocenters. The number of hydrogen-bond donors (Lipinski definition) is 3. The zero-order chi connectivity index (χ0) is 48.3. The predicted molar refractivity (Wildman–Crippen MR) is 274 cm³/mol. The van der Waals surface area contributed by atoms with Crippen LogP contribution in [0, 0.1) is 0 Å². The fourth-order valence-corrected chi connectivity index (χ4v) is 8.48. The summed E-state index contributed by atoms with van der Waals surface area (Å²) in [7, 11) is -4.65. The number of rotatable bonds is 51. The molecule has 0 aliphatic carbocycles. The molecular weight excluding hydrogens is 852 g/mol. The minimum Gasteiger partial charge on any atom is -0.457 e. The molecule has 3 unspecified atom stereocenters. The number of aliphatic hydroxyl groups excluding tert-OH is 2. The number of carbonyl (C=O) groups excluding carboxylic acids is 2. The van der Waals surface area contributed by atoms with Crippen molar-refractivity contribution >= 4 is 19.8 Å². The van der Waals surface area contributed by atoms with Gasteiger partial charge in [-0.15, -0.1) is 0 Å². The van der Waals surface area contributed by atoms with Gasteiger partial charge in [-0.05, 0) is 51.4 Å². The van der Waals surface area contributed by atoms with Gasteiger partial charge in [-0.1, -0.05) is 236 Å². The molecule has 3 N–H and O–H groups in total. The highest BCUT2D eigenvalue weighted by atomic mass is 31.2. The lowest BCUT2D eigenvalue weighted by molar-refractivity contribution is -0.153. The van der Waals surface area contributed by atoms with Crippen molar-refractivity contribution in [2.75, 3.05) is 26.4 Å². The van der Waals surface area contributed by atoms with Crippen molar-refractivity contribution in [3.05, 3.63) is 48.6 Å². The third-order valence-electron chi connectivity index (χ3n) is 11.8. The summed E-state index contributed by atoms with van der Waals surface area (Å²) in [4.78, 5) is 34.7. The lowest BCUT2D eigenvalue weighted by atomic mass is 10.0. The van der Waals surface area contributed by atoms with Crippen molar-refractivity contribution in [2.45, 2.75) is 264 Å². The van der Waals surface area contributed by atoms with E-state index in [1.807, 2.05) is 0 Å². The second kappa shape index (κ2) is 50.8. The van der Waals surface area contributed by atoms with E-state index in [2.05, 4.69) is 62.5 Å². The van der Waals surface area contributed by atoms with Gasteiger partial charge in [0.2, 0.25) is 0 Å². The number of aliphatic hydroxyl groups is 2. The quantitative estimate of drug-likeness (QED) is 0.0233. The Morgan fingerprint density at radius 1 is 0.424 bits per heavy atom. The minimum atomic E-state index is -4.65. The van der Waals surface area contributed by atoms with Crippen LogP contribution < -0.4 is 0 Å². The van der Waals surface area contributed by atoms with Gasteiger partial charge in [0.25, 0.3) is 0 Å². The lowest BCUT2D eigenvalue weighted by Crippen LogP contribution is -2.28. The average molecular weight is 953 g/mol. The van der Waals surface area contributed by atoms with Gasteiger partial charge < -0.3 is 24.6 Å². The highest BCUT2D eigenvalue weighted by Gasteiger charge is 2.27. The van der Waals surface area contributed by atoms with Gasteiger partial charge in [0.15, 0.2) is 0 Å². The molecule has 0 aliphatic heterocycles. The Labute approximate surface area is 404 Å². The van der Waals surface area contributed by atoms with Gasteiger partial charge in [-0.3, -0.25) is 18.6 Å². The molecule has 0 bridgehead atoms. The highest BCUT2D eigenvalue weighted by Crippen LogP contribution is 2.43. The van der Waals surface area contributed by atoms with Crippen LogP contribution in [0.4, 0.5) is 0 Å². The van der Waals surface area contributed by atoms with Crippen LogP contribution >= 0.6 is 7.82 Å². The van der Waals surface area contributed by atoms with E-state index >= 15 is 0 Å².